The topological polar surface area (TPSA) is 158 Å². The molecule has 35 heavy (non-hydrogen) atoms. The summed E-state index contributed by atoms with van der Waals surface area (Å²) >= 11 is 0. The van der Waals surface area contributed by atoms with Crippen molar-refractivity contribution in [3.8, 4) is 0 Å². The van der Waals surface area contributed by atoms with Crippen LogP contribution in [0.3, 0.4) is 0 Å². The molecule has 0 spiro atoms. The molecule has 0 aliphatic rings. The van der Waals surface area contributed by atoms with Crippen molar-refractivity contribution in [3.05, 3.63) is 104 Å². The maximum Gasteiger partial charge on any atom is 0.289 e. The minimum absolute atomic E-state index is 0.0138. The van der Waals surface area contributed by atoms with Crippen LogP contribution in [0.25, 0.3) is 0 Å². The molecule has 0 bridgehead atoms. The van der Waals surface area contributed by atoms with Gasteiger partial charge in [-0.25, -0.2) is 21.2 Å². The zero-order valence-corrected chi connectivity index (χ0v) is 19.6. The molecule has 0 saturated carbocycles. The summed E-state index contributed by atoms with van der Waals surface area (Å²) < 4.78 is 68.9. The van der Waals surface area contributed by atoms with E-state index >= 15 is 0 Å². The van der Waals surface area contributed by atoms with Crippen molar-refractivity contribution < 1.29 is 31.1 Å². The third-order valence-corrected chi connectivity index (χ3v) is 9.39. The van der Waals surface area contributed by atoms with Crippen molar-refractivity contribution >= 4 is 31.4 Å². The molecule has 184 valence electrons. The molecule has 0 heterocycles. The Bertz CT molecular complexity index is 1490. The van der Waals surface area contributed by atoms with Crippen LogP contribution < -0.4 is 0 Å². The third kappa shape index (κ3) is 5.03. The molecular weight excluding hydrogens is 505 g/mol. The quantitative estimate of drug-likeness (QED) is 0.302. The zero-order chi connectivity index (χ0) is 26.0. The van der Waals surface area contributed by atoms with E-state index in [9.17, 15) is 41.5 Å². The van der Waals surface area contributed by atoms with Crippen LogP contribution in [0, 0.1) is 27.2 Å². The molecule has 0 saturated heterocycles. The van der Waals surface area contributed by atoms with Gasteiger partial charge in [0.05, 0.1) is 20.8 Å². The van der Waals surface area contributed by atoms with E-state index in [0.29, 0.717) is 5.56 Å². The standard InChI is InChI=1S/C21H18FN3O8S2/c1-15-5-4-6-16(13-15)20(14-22)25(34(30,31)18-11-9-17(10-12-18)23(26)27)35(32,33)21-8-3-2-7-19(21)24(28)29/h2-13,20H,14H2,1H3. The largest absolute Gasteiger partial charge is 0.289 e. The predicted octanol–water partition coefficient (Wildman–Crippen LogP) is 3.90. The summed E-state index contributed by atoms with van der Waals surface area (Å²) in [5.41, 5.74) is -0.798. The molecule has 0 amide bonds. The molecule has 0 fully saturated rings. The number of nitrogens with zero attached hydrogens (tertiary/aromatic N) is 3. The van der Waals surface area contributed by atoms with E-state index in [1.54, 1.807) is 13.0 Å². The fraction of sp³-hybridized carbons (Fsp3) is 0.143. The predicted molar refractivity (Wildman–Crippen MR) is 122 cm³/mol. The van der Waals surface area contributed by atoms with Crippen LogP contribution in [0.15, 0.2) is 82.6 Å². The first-order valence-corrected chi connectivity index (χ1v) is 12.7. The first kappa shape index (κ1) is 25.9. The zero-order valence-electron chi connectivity index (χ0n) is 18.0. The van der Waals surface area contributed by atoms with Gasteiger partial charge in [-0.3, -0.25) is 20.2 Å². The molecule has 0 radical (unpaired) electrons. The molecular formula is C21H18FN3O8S2. The summed E-state index contributed by atoms with van der Waals surface area (Å²) in [4.78, 5) is 19.0. The van der Waals surface area contributed by atoms with Crippen LogP contribution in [0.1, 0.15) is 17.2 Å². The van der Waals surface area contributed by atoms with E-state index in [-0.39, 0.29) is 9.27 Å². The first-order valence-electron chi connectivity index (χ1n) is 9.81. The summed E-state index contributed by atoms with van der Waals surface area (Å²) in [6.45, 7) is 0.139. The van der Waals surface area contributed by atoms with Crippen molar-refractivity contribution in [2.24, 2.45) is 0 Å². The van der Waals surface area contributed by atoms with Crippen molar-refractivity contribution in [1.82, 2.24) is 3.71 Å². The number of alkyl halides is 1. The fourth-order valence-corrected chi connectivity index (χ4v) is 7.47. The van der Waals surface area contributed by atoms with Gasteiger partial charge in [0.2, 0.25) is 0 Å². The molecule has 0 aliphatic heterocycles. The molecule has 14 heteroatoms. The summed E-state index contributed by atoms with van der Waals surface area (Å²) in [6.07, 6.45) is 0. The summed E-state index contributed by atoms with van der Waals surface area (Å²) in [6, 6.07) is 11.3. The molecule has 1 unspecified atom stereocenters. The molecule has 11 nitrogen and oxygen atoms in total. The van der Waals surface area contributed by atoms with Crippen molar-refractivity contribution in [2.45, 2.75) is 22.8 Å². The number of non-ortho nitro benzene ring substituents is 1. The maximum absolute atomic E-state index is 14.5. The normalized spacial score (nSPS) is 12.9. The minimum Gasteiger partial charge on any atom is -0.258 e. The average molecular weight is 524 g/mol. The molecule has 3 aromatic rings. The second-order valence-corrected chi connectivity index (χ2v) is 11.1. The second-order valence-electron chi connectivity index (χ2n) is 7.30. The monoisotopic (exact) mass is 523 g/mol. The smallest absolute Gasteiger partial charge is 0.258 e. The molecule has 3 rings (SSSR count). The van der Waals surface area contributed by atoms with E-state index in [2.05, 4.69) is 0 Å². The van der Waals surface area contributed by atoms with Gasteiger partial charge in [0.25, 0.3) is 31.4 Å². The number of para-hydroxylation sites is 1. The number of aryl methyl sites for hydroxylation is 1. The highest BCUT2D eigenvalue weighted by molar-refractivity contribution is 8.04. The minimum atomic E-state index is -5.25. The van der Waals surface area contributed by atoms with E-state index in [1.807, 2.05) is 0 Å². The van der Waals surface area contributed by atoms with E-state index in [4.69, 9.17) is 0 Å². The Kier molecular flexibility index (Phi) is 7.28. The van der Waals surface area contributed by atoms with Crippen LogP contribution in [0.4, 0.5) is 15.8 Å². The van der Waals surface area contributed by atoms with E-state index in [1.165, 1.54) is 24.3 Å². The lowest BCUT2D eigenvalue weighted by atomic mass is 10.1. The lowest BCUT2D eigenvalue weighted by molar-refractivity contribution is -0.387. The van der Waals surface area contributed by atoms with E-state index < -0.39 is 63.8 Å². The summed E-state index contributed by atoms with van der Waals surface area (Å²) in [7, 11) is -10.4. The SMILES string of the molecule is Cc1cccc(C(CF)N(S(=O)(=O)c2ccc([N+](=O)[O-])cc2)S(=O)(=O)c2ccccc2[N+](=O)[O-])c1. The number of hydrogen-bond donors (Lipinski definition) is 0. The molecule has 3 aromatic carbocycles. The van der Waals surface area contributed by atoms with Gasteiger partial charge in [-0.05, 0) is 30.7 Å². The first-order chi connectivity index (χ1) is 16.4. The molecule has 1 atom stereocenters. The Morgan fingerprint density at radius 2 is 1.49 bits per heavy atom. The third-order valence-electron chi connectivity index (χ3n) is 4.99. The Morgan fingerprint density at radius 3 is 2.03 bits per heavy atom. The van der Waals surface area contributed by atoms with E-state index in [0.717, 1.165) is 42.5 Å². The number of halogens is 1. The maximum atomic E-state index is 14.5. The number of rotatable bonds is 9. The van der Waals surface area contributed by atoms with Gasteiger partial charge in [0.15, 0.2) is 4.90 Å². The van der Waals surface area contributed by atoms with Gasteiger partial charge in [-0.15, -0.1) is 0 Å². The lowest BCUT2D eigenvalue weighted by Gasteiger charge is -2.29. The van der Waals surface area contributed by atoms with Crippen molar-refractivity contribution in [3.63, 3.8) is 0 Å². The fourth-order valence-electron chi connectivity index (χ4n) is 3.38. The number of nitro benzene ring substituents is 2. The number of sulfonamides is 2. The molecule has 0 aliphatic carbocycles. The number of hydrogen-bond acceptors (Lipinski definition) is 8. The highest BCUT2D eigenvalue weighted by Gasteiger charge is 2.45. The van der Waals surface area contributed by atoms with Gasteiger partial charge < -0.3 is 0 Å². The van der Waals surface area contributed by atoms with Gasteiger partial charge in [-0.2, -0.15) is 0 Å². The lowest BCUT2D eigenvalue weighted by Crippen LogP contribution is -2.41. The van der Waals surface area contributed by atoms with Gasteiger partial charge >= 0.3 is 0 Å². The van der Waals surface area contributed by atoms with Crippen molar-refractivity contribution in [1.29, 1.82) is 0 Å². The van der Waals surface area contributed by atoms with Gasteiger partial charge in [-0.1, -0.05) is 45.7 Å². The molecule has 0 N–H and O–H groups in total. The molecule has 0 aromatic heterocycles. The summed E-state index contributed by atoms with van der Waals surface area (Å²) in [5.74, 6) is 0. The number of benzene rings is 3. The van der Waals surface area contributed by atoms with Gasteiger partial charge in [0, 0.05) is 18.2 Å². The Morgan fingerprint density at radius 1 is 0.857 bits per heavy atom. The van der Waals surface area contributed by atoms with Crippen LogP contribution in [-0.2, 0) is 20.0 Å². The summed E-state index contributed by atoms with van der Waals surface area (Å²) in [5, 5.41) is 22.5. The highest BCUT2D eigenvalue weighted by Crippen LogP contribution is 2.37. The number of nitro groups is 2. The van der Waals surface area contributed by atoms with Crippen LogP contribution in [0.5, 0.6) is 0 Å². The highest BCUT2D eigenvalue weighted by atomic mass is 32.3. The van der Waals surface area contributed by atoms with Gasteiger partial charge in [0.1, 0.15) is 6.67 Å². The van der Waals surface area contributed by atoms with Crippen LogP contribution in [0.2, 0.25) is 0 Å². The van der Waals surface area contributed by atoms with Crippen molar-refractivity contribution in [2.75, 3.05) is 6.67 Å². The Labute approximate surface area is 199 Å². The Hall–Kier alpha value is -3.75. The Balaban J connectivity index is 2.33. The average Bonchev–Trinajstić information content (AvgIpc) is 2.82. The second kappa shape index (κ2) is 9.85. The van der Waals surface area contributed by atoms with Crippen LogP contribution >= 0.6 is 0 Å². The van der Waals surface area contributed by atoms with Crippen LogP contribution in [-0.4, -0.2) is 37.1 Å².